The van der Waals surface area contributed by atoms with Gasteiger partial charge in [-0.3, -0.25) is 4.79 Å². The molecule has 0 bridgehead atoms. The number of nitrogens with zero attached hydrogens (tertiary/aromatic N) is 1. The molecule has 1 atom stereocenters. The molecule has 1 aliphatic heterocycles. The van der Waals surface area contributed by atoms with Crippen molar-refractivity contribution < 1.29 is 14.3 Å². The van der Waals surface area contributed by atoms with Crippen LogP contribution in [0.2, 0.25) is 0 Å². The lowest BCUT2D eigenvalue weighted by Gasteiger charge is -2.13. The summed E-state index contributed by atoms with van der Waals surface area (Å²) in [5.74, 6) is 1.90. The van der Waals surface area contributed by atoms with Crippen molar-refractivity contribution in [2.45, 2.75) is 26.5 Å². The minimum atomic E-state index is -0.0929. The largest absolute Gasteiger partial charge is 0.462 e. The first-order valence-electron chi connectivity index (χ1n) is 5.15. The van der Waals surface area contributed by atoms with Crippen molar-refractivity contribution in [3.05, 3.63) is 23.7 Å². The molecule has 1 N–H and O–H groups in total. The zero-order valence-corrected chi connectivity index (χ0v) is 8.77. The van der Waals surface area contributed by atoms with Gasteiger partial charge in [0.15, 0.2) is 0 Å². The van der Waals surface area contributed by atoms with Crippen LogP contribution in [0.5, 0.6) is 0 Å². The summed E-state index contributed by atoms with van der Waals surface area (Å²) in [6.45, 7) is 3.29. The van der Waals surface area contributed by atoms with E-state index in [0.29, 0.717) is 24.6 Å². The Morgan fingerprint density at radius 1 is 1.53 bits per heavy atom. The fourth-order valence-electron chi connectivity index (χ4n) is 1.90. The van der Waals surface area contributed by atoms with Crippen molar-refractivity contribution >= 4 is 5.91 Å². The van der Waals surface area contributed by atoms with Crippen molar-refractivity contribution in [1.29, 1.82) is 0 Å². The maximum Gasteiger partial charge on any atom is 0.223 e. The van der Waals surface area contributed by atoms with E-state index in [0.717, 1.165) is 12.3 Å². The van der Waals surface area contributed by atoms with Gasteiger partial charge in [-0.2, -0.15) is 0 Å². The Hall–Kier alpha value is -1.29. The average molecular weight is 209 g/mol. The molecular weight excluding hydrogens is 194 g/mol. The van der Waals surface area contributed by atoms with Gasteiger partial charge >= 0.3 is 0 Å². The fraction of sp³-hybridized carbons (Fsp3) is 0.545. The van der Waals surface area contributed by atoms with E-state index >= 15 is 0 Å². The van der Waals surface area contributed by atoms with Crippen LogP contribution in [0.3, 0.4) is 0 Å². The van der Waals surface area contributed by atoms with E-state index < -0.39 is 0 Å². The van der Waals surface area contributed by atoms with Crippen molar-refractivity contribution in [2.75, 3.05) is 6.54 Å². The van der Waals surface area contributed by atoms with Gasteiger partial charge in [-0.15, -0.1) is 0 Å². The minimum absolute atomic E-state index is 0.0929. The van der Waals surface area contributed by atoms with E-state index in [1.807, 2.05) is 6.07 Å². The number of aliphatic hydroxyl groups excluding tert-OH is 1. The molecule has 2 heterocycles. The van der Waals surface area contributed by atoms with Gasteiger partial charge in [-0.1, -0.05) is 6.92 Å². The highest BCUT2D eigenvalue weighted by Crippen LogP contribution is 2.20. The number of likely N-dealkylation sites (tertiary alicyclic amines) is 1. The third-order valence-electron chi connectivity index (χ3n) is 2.63. The summed E-state index contributed by atoms with van der Waals surface area (Å²) in [5, 5.41) is 8.83. The summed E-state index contributed by atoms with van der Waals surface area (Å²) in [5.41, 5.74) is 0. The van der Waals surface area contributed by atoms with Crippen molar-refractivity contribution in [3.63, 3.8) is 0 Å². The SMILES string of the molecule is CC1CC(=O)N(Cc2ccc(CO)o2)C1. The van der Waals surface area contributed by atoms with Gasteiger partial charge in [-0.05, 0) is 18.1 Å². The smallest absolute Gasteiger partial charge is 0.223 e. The first-order valence-corrected chi connectivity index (χ1v) is 5.15. The first kappa shape index (κ1) is 10.2. The lowest BCUT2D eigenvalue weighted by Crippen LogP contribution is -2.24. The summed E-state index contributed by atoms with van der Waals surface area (Å²) >= 11 is 0. The highest BCUT2D eigenvalue weighted by atomic mass is 16.4. The van der Waals surface area contributed by atoms with Crippen LogP contribution in [0.15, 0.2) is 16.5 Å². The van der Waals surface area contributed by atoms with Crippen molar-refractivity contribution in [2.24, 2.45) is 5.92 Å². The molecule has 15 heavy (non-hydrogen) atoms. The molecule has 1 unspecified atom stereocenters. The number of carbonyl (C=O) groups is 1. The van der Waals surface area contributed by atoms with Crippen LogP contribution in [0.4, 0.5) is 0 Å². The molecule has 0 radical (unpaired) electrons. The topological polar surface area (TPSA) is 53.7 Å². The number of furan rings is 1. The molecule has 1 aliphatic rings. The van der Waals surface area contributed by atoms with E-state index in [1.165, 1.54) is 0 Å². The fourth-order valence-corrected chi connectivity index (χ4v) is 1.90. The van der Waals surface area contributed by atoms with E-state index in [4.69, 9.17) is 9.52 Å². The second kappa shape index (κ2) is 4.06. The van der Waals surface area contributed by atoms with Crippen LogP contribution in [0, 0.1) is 5.92 Å². The maximum atomic E-state index is 11.5. The van der Waals surface area contributed by atoms with Crippen LogP contribution in [-0.4, -0.2) is 22.5 Å². The van der Waals surface area contributed by atoms with E-state index in [9.17, 15) is 4.79 Å². The van der Waals surface area contributed by atoms with Gasteiger partial charge in [0.05, 0.1) is 6.54 Å². The summed E-state index contributed by atoms with van der Waals surface area (Å²) in [7, 11) is 0. The predicted molar refractivity (Wildman–Crippen MR) is 53.8 cm³/mol. The molecule has 1 aromatic rings. The Balaban J connectivity index is 1.99. The van der Waals surface area contributed by atoms with Crippen LogP contribution in [0.25, 0.3) is 0 Å². The number of rotatable bonds is 3. The second-order valence-electron chi connectivity index (χ2n) is 4.11. The molecule has 2 rings (SSSR count). The second-order valence-corrected chi connectivity index (χ2v) is 4.11. The number of carbonyl (C=O) groups excluding carboxylic acids is 1. The zero-order chi connectivity index (χ0) is 10.8. The molecule has 1 amide bonds. The quantitative estimate of drug-likeness (QED) is 0.812. The summed E-state index contributed by atoms with van der Waals surface area (Å²) in [6, 6.07) is 3.54. The third kappa shape index (κ3) is 2.21. The predicted octanol–water partition coefficient (Wildman–Crippen LogP) is 1.14. The molecule has 0 aliphatic carbocycles. The summed E-state index contributed by atoms with van der Waals surface area (Å²) in [6.07, 6.45) is 0.633. The molecule has 1 saturated heterocycles. The number of hydrogen-bond acceptors (Lipinski definition) is 3. The summed E-state index contributed by atoms with van der Waals surface area (Å²) < 4.78 is 5.33. The van der Waals surface area contributed by atoms with Gasteiger partial charge in [0.2, 0.25) is 5.91 Å². The van der Waals surface area contributed by atoms with E-state index in [-0.39, 0.29) is 12.5 Å². The Morgan fingerprint density at radius 2 is 2.27 bits per heavy atom. The van der Waals surface area contributed by atoms with Crippen molar-refractivity contribution in [3.8, 4) is 0 Å². The molecule has 0 saturated carbocycles. The standard InChI is InChI=1S/C11H15NO3/c1-8-4-11(14)12(5-8)6-9-2-3-10(7-13)15-9/h2-3,8,13H,4-7H2,1H3. The Bertz CT molecular complexity index is 358. The molecular formula is C11H15NO3. The Labute approximate surface area is 88.5 Å². The minimum Gasteiger partial charge on any atom is -0.462 e. The highest BCUT2D eigenvalue weighted by Gasteiger charge is 2.26. The molecule has 82 valence electrons. The van der Waals surface area contributed by atoms with Crippen LogP contribution >= 0.6 is 0 Å². The zero-order valence-electron chi connectivity index (χ0n) is 8.77. The van der Waals surface area contributed by atoms with Gasteiger partial charge < -0.3 is 14.4 Å². The van der Waals surface area contributed by atoms with Gasteiger partial charge in [0.1, 0.15) is 18.1 Å². The molecule has 4 nitrogen and oxygen atoms in total. The number of hydrogen-bond donors (Lipinski definition) is 1. The Kier molecular flexibility index (Phi) is 2.77. The molecule has 0 spiro atoms. The van der Waals surface area contributed by atoms with E-state index in [1.54, 1.807) is 11.0 Å². The molecule has 0 aromatic carbocycles. The van der Waals surface area contributed by atoms with Crippen LogP contribution < -0.4 is 0 Å². The van der Waals surface area contributed by atoms with Crippen molar-refractivity contribution in [1.82, 2.24) is 4.90 Å². The first-order chi connectivity index (χ1) is 7.19. The van der Waals surface area contributed by atoms with Gasteiger partial charge in [-0.25, -0.2) is 0 Å². The van der Waals surface area contributed by atoms with Crippen LogP contribution in [-0.2, 0) is 17.9 Å². The van der Waals surface area contributed by atoms with Gasteiger partial charge in [0, 0.05) is 13.0 Å². The van der Waals surface area contributed by atoms with Gasteiger partial charge in [0.25, 0.3) is 0 Å². The normalized spacial score (nSPS) is 21.3. The Morgan fingerprint density at radius 3 is 2.80 bits per heavy atom. The average Bonchev–Trinajstić information content (AvgIpc) is 2.75. The molecule has 1 fully saturated rings. The lowest BCUT2D eigenvalue weighted by molar-refractivity contribution is -0.128. The highest BCUT2D eigenvalue weighted by molar-refractivity contribution is 5.78. The van der Waals surface area contributed by atoms with E-state index in [2.05, 4.69) is 6.92 Å². The lowest BCUT2D eigenvalue weighted by atomic mass is 10.2. The monoisotopic (exact) mass is 209 g/mol. The number of aliphatic hydroxyl groups is 1. The van der Waals surface area contributed by atoms with Crippen LogP contribution in [0.1, 0.15) is 24.9 Å². The summed E-state index contributed by atoms with van der Waals surface area (Å²) in [4.78, 5) is 13.3. The maximum absolute atomic E-state index is 11.5. The number of amides is 1. The third-order valence-corrected chi connectivity index (χ3v) is 2.63. The molecule has 1 aromatic heterocycles. The molecule has 4 heteroatoms.